The van der Waals surface area contributed by atoms with Crippen LogP contribution in [-0.4, -0.2) is 19.9 Å². The molecule has 0 saturated carbocycles. The van der Waals surface area contributed by atoms with Gasteiger partial charge in [0, 0.05) is 6.07 Å². The summed E-state index contributed by atoms with van der Waals surface area (Å²) in [6, 6.07) is 6.20. The SMILES string of the molecule is Cc1nc(N)nc2nc(-c3ccccc3[N+](=O)[O-])oc12. The number of hydrogen-bond donors (Lipinski definition) is 1. The molecule has 20 heavy (non-hydrogen) atoms. The number of nitro benzene ring substituents is 1. The molecule has 8 heteroatoms. The lowest BCUT2D eigenvalue weighted by Crippen LogP contribution is -1.96. The fraction of sp³-hybridized carbons (Fsp3) is 0.0833. The van der Waals surface area contributed by atoms with Crippen LogP contribution in [0.3, 0.4) is 0 Å². The quantitative estimate of drug-likeness (QED) is 0.559. The van der Waals surface area contributed by atoms with Crippen LogP contribution < -0.4 is 5.73 Å². The molecule has 100 valence electrons. The van der Waals surface area contributed by atoms with E-state index in [1.165, 1.54) is 6.07 Å². The highest BCUT2D eigenvalue weighted by molar-refractivity contribution is 5.77. The number of rotatable bonds is 2. The molecule has 0 fully saturated rings. The van der Waals surface area contributed by atoms with E-state index < -0.39 is 4.92 Å². The Hall–Kier alpha value is -3.03. The van der Waals surface area contributed by atoms with Crippen LogP contribution in [0.5, 0.6) is 0 Å². The van der Waals surface area contributed by atoms with Crippen LogP contribution in [-0.2, 0) is 0 Å². The van der Waals surface area contributed by atoms with Crippen LogP contribution in [0, 0.1) is 17.0 Å². The van der Waals surface area contributed by atoms with Crippen molar-refractivity contribution in [2.24, 2.45) is 0 Å². The predicted octanol–water partition coefficient (Wildman–Crippen LogP) is 2.08. The zero-order valence-corrected chi connectivity index (χ0v) is 10.4. The number of anilines is 1. The summed E-state index contributed by atoms with van der Waals surface area (Å²) in [5.74, 6) is 0.202. The molecule has 3 aromatic rings. The summed E-state index contributed by atoms with van der Waals surface area (Å²) in [4.78, 5) is 22.6. The molecule has 0 amide bonds. The maximum atomic E-state index is 11.0. The molecule has 1 aromatic carbocycles. The van der Waals surface area contributed by atoms with Crippen molar-refractivity contribution in [3.05, 3.63) is 40.1 Å². The minimum atomic E-state index is -0.489. The van der Waals surface area contributed by atoms with Gasteiger partial charge in [-0.2, -0.15) is 9.97 Å². The standard InChI is InChI=1S/C12H9N5O3/c1-6-9-10(16-12(13)14-6)15-11(20-9)7-4-2-3-5-8(7)17(18)19/h2-5H,1H3,(H2,13,14,16). The van der Waals surface area contributed by atoms with Gasteiger partial charge in [0.2, 0.25) is 17.5 Å². The van der Waals surface area contributed by atoms with Gasteiger partial charge in [0.05, 0.1) is 10.6 Å². The Bertz CT molecular complexity index is 827. The molecule has 0 aliphatic carbocycles. The molecular weight excluding hydrogens is 262 g/mol. The molecule has 0 bridgehead atoms. The minimum Gasteiger partial charge on any atom is -0.432 e. The monoisotopic (exact) mass is 271 g/mol. The van der Waals surface area contributed by atoms with Crippen LogP contribution in [0.15, 0.2) is 28.7 Å². The highest BCUT2D eigenvalue weighted by Gasteiger charge is 2.20. The van der Waals surface area contributed by atoms with E-state index in [1.54, 1.807) is 25.1 Å². The van der Waals surface area contributed by atoms with Crippen molar-refractivity contribution < 1.29 is 9.34 Å². The van der Waals surface area contributed by atoms with Crippen LogP contribution in [0.2, 0.25) is 0 Å². The molecule has 0 unspecified atom stereocenters. The number of aromatic nitrogens is 3. The van der Waals surface area contributed by atoms with Gasteiger partial charge >= 0.3 is 0 Å². The Morgan fingerprint density at radius 1 is 1.25 bits per heavy atom. The summed E-state index contributed by atoms with van der Waals surface area (Å²) in [5, 5.41) is 11.0. The maximum absolute atomic E-state index is 11.0. The fourth-order valence-corrected chi connectivity index (χ4v) is 1.91. The van der Waals surface area contributed by atoms with Crippen LogP contribution in [0.4, 0.5) is 11.6 Å². The number of aryl methyl sites for hydroxylation is 1. The topological polar surface area (TPSA) is 121 Å². The van der Waals surface area contributed by atoms with Gasteiger partial charge in [-0.05, 0) is 13.0 Å². The molecule has 2 heterocycles. The predicted molar refractivity (Wildman–Crippen MR) is 70.8 cm³/mol. The van der Waals surface area contributed by atoms with Gasteiger partial charge in [-0.1, -0.05) is 12.1 Å². The average molecular weight is 271 g/mol. The smallest absolute Gasteiger partial charge is 0.282 e. The first kappa shape index (κ1) is 12.0. The summed E-state index contributed by atoms with van der Waals surface area (Å²) in [7, 11) is 0. The highest BCUT2D eigenvalue weighted by Crippen LogP contribution is 2.31. The van der Waals surface area contributed by atoms with Crippen LogP contribution in [0.25, 0.3) is 22.7 Å². The van der Waals surface area contributed by atoms with Gasteiger partial charge in [-0.15, -0.1) is 0 Å². The highest BCUT2D eigenvalue weighted by atomic mass is 16.6. The van der Waals surface area contributed by atoms with Crippen molar-refractivity contribution in [2.45, 2.75) is 6.92 Å². The third-order valence-electron chi connectivity index (χ3n) is 2.77. The molecule has 8 nitrogen and oxygen atoms in total. The van der Waals surface area contributed by atoms with E-state index in [1.807, 2.05) is 0 Å². The van der Waals surface area contributed by atoms with Crippen molar-refractivity contribution in [1.82, 2.24) is 15.0 Å². The molecule has 0 spiro atoms. The minimum absolute atomic E-state index is 0.0809. The summed E-state index contributed by atoms with van der Waals surface area (Å²) in [6.07, 6.45) is 0. The Labute approximate surface area is 112 Å². The van der Waals surface area contributed by atoms with E-state index in [4.69, 9.17) is 10.2 Å². The van der Waals surface area contributed by atoms with E-state index in [2.05, 4.69) is 15.0 Å². The van der Waals surface area contributed by atoms with Gasteiger partial charge in [0.1, 0.15) is 5.56 Å². The Balaban J connectivity index is 2.26. The molecule has 3 rings (SSSR count). The Kier molecular flexibility index (Phi) is 2.56. The van der Waals surface area contributed by atoms with E-state index in [0.29, 0.717) is 11.3 Å². The van der Waals surface area contributed by atoms with Crippen molar-refractivity contribution in [3.63, 3.8) is 0 Å². The first-order valence-electron chi connectivity index (χ1n) is 5.70. The Morgan fingerprint density at radius 2 is 2.00 bits per heavy atom. The lowest BCUT2D eigenvalue weighted by molar-refractivity contribution is -0.384. The molecule has 0 radical (unpaired) electrons. The van der Waals surface area contributed by atoms with Gasteiger partial charge in [0.15, 0.2) is 5.58 Å². The van der Waals surface area contributed by atoms with E-state index >= 15 is 0 Å². The van der Waals surface area contributed by atoms with Gasteiger partial charge < -0.3 is 10.2 Å². The molecule has 2 aromatic heterocycles. The normalized spacial score (nSPS) is 10.8. The number of oxazole rings is 1. The third-order valence-corrected chi connectivity index (χ3v) is 2.77. The largest absolute Gasteiger partial charge is 0.432 e. The number of nitrogen functional groups attached to an aromatic ring is 1. The zero-order chi connectivity index (χ0) is 14.3. The Morgan fingerprint density at radius 3 is 2.75 bits per heavy atom. The zero-order valence-electron chi connectivity index (χ0n) is 10.4. The summed E-state index contributed by atoms with van der Waals surface area (Å²) >= 11 is 0. The number of nitrogens with two attached hydrogens (primary N) is 1. The van der Waals surface area contributed by atoms with Crippen molar-refractivity contribution >= 4 is 22.9 Å². The lowest BCUT2D eigenvalue weighted by Gasteiger charge is -1.96. The van der Waals surface area contributed by atoms with E-state index in [0.717, 1.165) is 0 Å². The first-order chi connectivity index (χ1) is 9.56. The molecule has 0 atom stereocenters. The second kappa shape index (κ2) is 4.26. The number of benzene rings is 1. The molecule has 0 aliphatic rings. The second-order valence-electron chi connectivity index (χ2n) is 4.11. The fourth-order valence-electron chi connectivity index (χ4n) is 1.91. The van der Waals surface area contributed by atoms with Gasteiger partial charge in [-0.3, -0.25) is 10.1 Å². The summed E-state index contributed by atoms with van der Waals surface area (Å²) in [5.41, 5.74) is 6.92. The molecule has 0 aliphatic heterocycles. The summed E-state index contributed by atoms with van der Waals surface area (Å²) in [6.45, 7) is 1.70. The average Bonchev–Trinajstić information content (AvgIpc) is 2.82. The molecular formula is C12H9N5O3. The number of nitrogens with zero attached hydrogens (tertiary/aromatic N) is 4. The second-order valence-corrected chi connectivity index (χ2v) is 4.11. The number of fused-ring (bicyclic) bond motifs is 1. The maximum Gasteiger partial charge on any atom is 0.282 e. The van der Waals surface area contributed by atoms with E-state index in [9.17, 15) is 10.1 Å². The summed E-state index contributed by atoms with van der Waals surface area (Å²) < 4.78 is 5.53. The van der Waals surface area contributed by atoms with E-state index in [-0.39, 0.29) is 28.7 Å². The number of para-hydroxylation sites is 1. The van der Waals surface area contributed by atoms with Crippen LogP contribution >= 0.6 is 0 Å². The number of hydrogen-bond acceptors (Lipinski definition) is 7. The molecule has 2 N–H and O–H groups in total. The number of nitro groups is 1. The van der Waals surface area contributed by atoms with Gasteiger partial charge in [-0.25, -0.2) is 4.98 Å². The van der Waals surface area contributed by atoms with Crippen molar-refractivity contribution in [3.8, 4) is 11.5 Å². The van der Waals surface area contributed by atoms with Gasteiger partial charge in [0.25, 0.3) is 5.69 Å². The van der Waals surface area contributed by atoms with Crippen LogP contribution in [0.1, 0.15) is 5.69 Å². The lowest BCUT2D eigenvalue weighted by atomic mass is 10.2. The first-order valence-corrected chi connectivity index (χ1v) is 5.70. The van der Waals surface area contributed by atoms with Crippen molar-refractivity contribution in [2.75, 3.05) is 5.73 Å². The third kappa shape index (κ3) is 1.83. The van der Waals surface area contributed by atoms with Crippen molar-refractivity contribution in [1.29, 1.82) is 0 Å². The molecule has 0 saturated heterocycles.